The van der Waals surface area contributed by atoms with Crippen molar-refractivity contribution in [2.24, 2.45) is 4.99 Å². The minimum absolute atomic E-state index is 0.236. The molecule has 1 aliphatic rings. The Morgan fingerprint density at radius 3 is 3.05 bits per heavy atom. The summed E-state index contributed by atoms with van der Waals surface area (Å²) in [6, 6.07) is 5.33. The molecule has 2 aromatic heterocycles. The molecule has 0 aromatic carbocycles. The van der Waals surface area contributed by atoms with Crippen molar-refractivity contribution in [3.8, 4) is 0 Å². The Bertz CT molecular complexity index is 759. The van der Waals surface area contributed by atoms with Crippen LogP contribution in [0, 0.1) is 0 Å². The van der Waals surface area contributed by atoms with Crippen molar-refractivity contribution in [2.75, 3.05) is 0 Å². The Morgan fingerprint density at radius 2 is 2.30 bits per heavy atom. The topological polar surface area (TPSA) is 67.0 Å². The second-order valence-corrected chi connectivity index (χ2v) is 4.70. The van der Waals surface area contributed by atoms with E-state index in [4.69, 9.17) is 0 Å². The number of aromatic nitrogens is 2. The number of aliphatic imine (C=N–C) groups is 1. The maximum atomic E-state index is 12.3. The lowest BCUT2D eigenvalue weighted by Crippen LogP contribution is -2.19. The fraction of sp³-hybridized carbons (Fsp3) is 0.267. The van der Waals surface area contributed by atoms with Crippen LogP contribution in [-0.2, 0) is 6.61 Å². The van der Waals surface area contributed by atoms with Gasteiger partial charge in [-0.15, -0.1) is 0 Å². The SMILES string of the molecule is O=c1c(CO)c(N=C2C=CCCC2)nc2ccccn12. The van der Waals surface area contributed by atoms with E-state index >= 15 is 0 Å². The van der Waals surface area contributed by atoms with Crippen LogP contribution in [0.1, 0.15) is 24.8 Å². The van der Waals surface area contributed by atoms with Crippen molar-refractivity contribution >= 4 is 17.2 Å². The summed E-state index contributed by atoms with van der Waals surface area (Å²) in [4.78, 5) is 21.1. The van der Waals surface area contributed by atoms with Crippen molar-refractivity contribution in [1.82, 2.24) is 9.38 Å². The lowest BCUT2D eigenvalue weighted by molar-refractivity contribution is 0.280. The van der Waals surface area contributed by atoms with Gasteiger partial charge < -0.3 is 5.11 Å². The molecule has 0 fully saturated rings. The van der Waals surface area contributed by atoms with Crippen LogP contribution in [0.2, 0.25) is 0 Å². The molecule has 0 amide bonds. The maximum Gasteiger partial charge on any atom is 0.265 e. The van der Waals surface area contributed by atoms with Crippen molar-refractivity contribution in [3.05, 3.63) is 52.5 Å². The molecule has 20 heavy (non-hydrogen) atoms. The molecule has 102 valence electrons. The van der Waals surface area contributed by atoms with Crippen LogP contribution >= 0.6 is 0 Å². The standard InChI is InChI=1S/C15H15N3O2/c19-10-12-14(16-11-6-2-1-3-7-11)17-13-8-4-5-9-18(13)15(12)20/h2,4-6,8-9,19H,1,3,7,10H2. The molecule has 1 N–H and O–H groups in total. The third kappa shape index (κ3) is 2.28. The zero-order valence-electron chi connectivity index (χ0n) is 11.0. The first kappa shape index (κ1) is 12.7. The molecular formula is C15H15N3O2. The van der Waals surface area contributed by atoms with Crippen molar-refractivity contribution in [3.63, 3.8) is 0 Å². The summed E-state index contributed by atoms with van der Waals surface area (Å²) in [6.45, 7) is -0.362. The Labute approximate surface area is 115 Å². The molecule has 3 rings (SSSR count). The van der Waals surface area contributed by atoms with Gasteiger partial charge >= 0.3 is 0 Å². The van der Waals surface area contributed by atoms with Gasteiger partial charge in [0.1, 0.15) is 5.65 Å². The van der Waals surface area contributed by atoms with Gasteiger partial charge in [0.25, 0.3) is 5.56 Å². The first-order valence-corrected chi connectivity index (χ1v) is 6.65. The Morgan fingerprint density at radius 1 is 1.40 bits per heavy atom. The van der Waals surface area contributed by atoms with Crippen LogP contribution in [0.4, 0.5) is 5.82 Å². The fourth-order valence-electron chi connectivity index (χ4n) is 2.28. The van der Waals surface area contributed by atoms with E-state index in [0.29, 0.717) is 11.5 Å². The number of rotatable bonds is 2. The summed E-state index contributed by atoms with van der Waals surface area (Å²) in [7, 11) is 0. The van der Waals surface area contributed by atoms with Crippen LogP contribution in [0.5, 0.6) is 0 Å². The quantitative estimate of drug-likeness (QED) is 0.906. The minimum atomic E-state index is -0.362. The monoisotopic (exact) mass is 269 g/mol. The van der Waals surface area contributed by atoms with E-state index in [2.05, 4.69) is 16.1 Å². The third-order valence-electron chi connectivity index (χ3n) is 3.33. The van der Waals surface area contributed by atoms with Crippen molar-refractivity contribution in [1.29, 1.82) is 0 Å². The Hall–Kier alpha value is -2.27. The molecule has 0 bridgehead atoms. The molecule has 0 radical (unpaired) electrons. The third-order valence-corrected chi connectivity index (χ3v) is 3.33. The fourth-order valence-corrected chi connectivity index (χ4v) is 2.28. The number of allylic oxidation sites excluding steroid dienone is 2. The van der Waals surface area contributed by atoms with Crippen LogP contribution in [0.25, 0.3) is 5.65 Å². The molecule has 0 atom stereocenters. The van der Waals surface area contributed by atoms with Crippen molar-refractivity contribution in [2.45, 2.75) is 25.9 Å². The molecule has 2 heterocycles. The lowest BCUT2D eigenvalue weighted by atomic mass is 10.1. The zero-order valence-corrected chi connectivity index (χ0v) is 11.0. The summed E-state index contributed by atoms with van der Waals surface area (Å²) < 4.78 is 1.42. The predicted molar refractivity (Wildman–Crippen MR) is 77.5 cm³/mol. The Kier molecular flexibility index (Phi) is 3.43. The Balaban J connectivity index is 2.21. The normalized spacial score (nSPS) is 16.9. The highest BCUT2D eigenvalue weighted by atomic mass is 16.3. The molecule has 0 aliphatic heterocycles. The van der Waals surface area contributed by atoms with E-state index in [1.165, 1.54) is 4.40 Å². The summed E-state index contributed by atoms with van der Waals surface area (Å²) in [5.41, 5.74) is 1.41. The predicted octanol–water partition coefficient (Wildman–Crippen LogP) is 2.00. The van der Waals surface area contributed by atoms with Crippen molar-refractivity contribution < 1.29 is 5.11 Å². The van der Waals surface area contributed by atoms with E-state index in [0.717, 1.165) is 25.0 Å². The van der Waals surface area contributed by atoms with E-state index < -0.39 is 0 Å². The number of aliphatic hydroxyl groups is 1. The summed E-state index contributed by atoms with van der Waals surface area (Å²) in [5, 5.41) is 9.45. The minimum Gasteiger partial charge on any atom is -0.391 e. The molecular weight excluding hydrogens is 254 g/mol. The molecule has 5 nitrogen and oxygen atoms in total. The average molecular weight is 269 g/mol. The van der Waals surface area contributed by atoms with Gasteiger partial charge in [0.05, 0.1) is 12.2 Å². The molecule has 2 aromatic rings. The smallest absolute Gasteiger partial charge is 0.265 e. The maximum absolute atomic E-state index is 12.3. The van der Waals surface area contributed by atoms with Gasteiger partial charge in [-0.1, -0.05) is 12.1 Å². The average Bonchev–Trinajstić information content (AvgIpc) is 2.49. The second-order valence-electron chi connectivity index (χ2n) is 4.70. The molecule has 0 unspecified atom stereocenters. The van der Waals surface area contributed by atoms with Gasteiger partial charge in [0, 0.05) is 11.9 Å². The highest BCUT2D eigenvalue weighted by Gasteiger charge is 2.12. The lowest BCUT2D eigenvalue weighted by Gasteiger charge is -2.09. The van der Waals surface area contributed by atoms with Crippen LogP contribution in [-0.4, -0.2) is 20.2 Å². The summed E-state index contributed by atoms with van der Waals surface area (Å²) in [5.74, 6) is 0.324. The molecule has 0 spiro atoms. The van der Waals surface area contributed by atoms with Gasteiger partial charge in [-0.25, -0.2) is 9.98 Å². The van der Waals surface area contributed by atoms with Gasteiger partial charge in [-0.3, -0.25) is 9.20 Å². The second kappa shape index (κ2) is 5.38. The van der Waals surface area contributed by atoms with E-state index in [-0.39, 0.29) is 17.7 Å². The van der Waals surface area contributed by atoms with Crippen LogP contribution in [0.15, 0.2) is 46.3 Å². The molecule has 0 saturated carbocycles. The first-order valence-electron chi connectivity index (χ1n) is 6.65. The molecule has 0 saturated heterocycles. The number of aliphatic hydroxyl groups excluding tert-OH is 1. The van der Waals surface area contributed by atoms with E-state index in [1.807, 2.05) is 12.1 Å². The number of fused-ring (bicyclic) bond motifs is 1. The zero-order chi connectivity index (χ0) is 13.9. The van der Waals surface area contributed by atoms with E-state index in [9.17, 15) is 9.90 Å². The first-order chi connectivity index (χ1) is 9.79. The number of hydrogen-bond acceptors (Lipinski definition) is 4. The highest BCUT2D eigenvalue weighted by Crippen LogP contribution is 2.17. The largest absolute Gasteiger partial charge is 0.391 e. The van der Waals surface area contributed by atoms with Crippen LogP contribution in [0.3, 0.4) is 0 Å². The van der Waals surface area contributed by atoms with Gasteiger partial charge in [-0.05, 0) is 37.5 Å². The summed E-state index contributed by atoms with van der Waals surface area (Å²) in [6.07, 6.45) is 8.64. The van der Waals surface area contributed by atoms with Gasteiger partial charge in [0.2, 0.25) is 0 Å². The number of hydrogen-bond donors (Lipinski definition) is 1. The molecule has 1 aliphatic carbocycles. The number of nitrogens with zero attached hydrogens (tertiary/aromatic N) is 3. The molecule has 5 heteroatoms. The number of pyridine rings is 1. The van der Waals surface area contributed by atoms with Crippen LogP contribution < -0.4 is 5.56 Å². The summed E-state index contributed by atoms with van der Waals surface area (Å²) >= 11 is 0. The van der Waals surface area contributed by atoms with Gasteiger partial charge in [0.15, 0.2) is 5.82 Å². The highest BCUT2D eigenvalue weighted by molar-refractivity contribution is 5.97. The van der Waals surface area contributed by atoms with Gasteiger partial charge in [-0.2, -0.15) is 0 Å². The van der Waals surface area contributed by atoms with E-state index in [1.54, 1.807) is 18.3 Å².